The third kappa shape index (κ3) is 1.47. The molecule has 2 aromatic rings. The average Bonchev–Trinajstić information content (AvgIpc) is 2.50. The quantitative estimate of drug-likeness (QED) is 0.771. The number of aromatic nitrogens is 2. The number of hydrogen-bond donors (Lipinski definition) is 0. The van der Waals surface area contributed by atoms with Crippen molar-refractivity contribution in [3.05, 3.63) is 16.7 Å². The van der Waals surface area contributed by atoms with E-state index in [1.54, 1.807) is 0 Å². The van der Waals surface area contributed by atoms with Gasteiger partial charge >= 0.3 is 0 Å². The van der Waals surface area contributed by atoms with Crippen molar-refractivity contribution in [3.63, 3.8) is 0 Å². The summed E-state index contributed by atoms with van der Waals surface area (Å²) in [7, 11) is 0. The standard InChI is InChI=1S/C8H7ClN2OS/c1-2-12-7-6-5(9)3-13-8(6)11-4-10-7/h3-4H,2H2,1H3. The van der Waals surface area contributed by atoms with Gasteiger partial charge in [0, 0.05) is 5.38 Å². The van der Waals surface area contributed by atoms with Crippen LogP contribution in [0.1, 0.15) is 6.92 Å². The molecule has 0 radical (unpaired) electrons. The van der Waals surface area contributed by atoms with E-state index < -0.39 is 0 Å². The summed E-state index contributed by atoms with van der Waals surface area (Å²) >= 11 is 7.45. The molecule has 0 saturated carbocycles. The number of ether oxygens (including phenoxy) is 1. The molecular formula is C8H7ClN2OS. The van der Waals surface area contributed by atoms with E-state index in [4.69, 9.17) is 16.3 Å². The number of thiophene rings is 1. The van der Waals surface area contributed by atoms with Crippen LogP contribution in [-0.4, -0.2) is 16.6 Å². The Hall–Kier alpha value is -0.870. The van der Waals surface area contributed by atoms with Crippen molar-refractivity contribution in [1.82, 2.24) is 9.97 Å². The lowest BCUT2D eigenvalue weighted by atomic mass is 10.4. The molecule has 5 heteroatoms. The molecular weight excluding hydrogens is 208 g/mol. The van der Waals surface area contributed by atoms with Crippen molar-refractivity contribution in [1.29, 1.82) is 0 Å². The highest BCUT2D eigenvalue weighted by molar-refractivity contribution is 7.17. The molecule has 0 atom stereocenters. The van der Waals surface area contributed by atoms with Gasteiger partial charge in [-0.05, 0) is 6.92 Å². The minimum atomic E-state index is 0.568. The second-order valence-electron chi connectivity index (χ2n) is 2.38. The van der Waals surface area contributed by atoms with Gasteiger partial charge in [0.15, 0.2) is 0 Å². The summed E-state index contributed by atoms with van der Waals surface area (Å²) in [5.41, 5.74) is 0. The van der Waals surface area contributed by atoms with Crippen molar-refractivity contribution >= 4 is 33.2 Å². The molecule has 0 spiro atoms. The van der Waals surface area contributed by atoms with Crippen LogP contribution in [0, 0.1) is 0 Å². The summed E-state index contributed by atoms with van der Waals surface area (Å²) in [5.74, 6) is 0.568. The lowest BCUT2D eigenvalue weighted by molar-refractivity contribution is 0.331. The van der Waals surface area contributed by atoms with Gasteiger partial charge in [-0.2, -0.15) is 0 Å². The van der Waals surface area contributed by atoms with E-state index >= 15 is 0 Å². The van der Waals surface area contributed by atoms with Gasteiger partial charge in [0.25, 0.3) is 0 Å². The first-order valence-electron chi connectivity index (χ1n) is 3.83. The maximum Gasteiger partial charge on any atom is 0.226 e. The predicted molar refractivity (Wildman–Crippen MR) is 53.6 cm³/mol. The summed E-state index contributed by atoms with van der Waals surface area (Å²) in [6.45, 7) is 2.49. The highest BCUT2D eigenvalue weighted by Crippen LogP contribution is 2.33. The third-order valence-electron chi connectivity index (χ3n) is 1.57. The first-order valence-corrected chi connectivity index (χ1v) is 5.09. The van der Waals surface area contributed by atoms with Crippen molar-refractivity contribution in [2.75, 3.05) is 6.61 Å². The highest BCUT2D eigenvalue weighted by Gasteiger charge is 2.09. The molecule has 2 heterocycles. The Balaban J connectivity index is 2.65. The second kappa shape index (κ2) is 3.47. The Morgan fingerprint density at radius 3 is 3.15 bits per heavy atom. The number of hydrogen-bond acceptors (Lipinski definition) is 4. The lowest BCUT2D eigenvalue weighted by Crippen LogP contribution is -1.94. The van der Waals surface area contributed by atoms with Gasteiger partial charge in [-0.25, -0.2) is 9.97 Å². The van der Waals surface area contributed by atoms with E-state index in [-0.39, 0.29) is 0 Å². The van der Waals surface area contributed by atoms with Crippen molar-refractivity contribution in [2.24, 2.45) is 0 Å². The maximum absolute atomic E-state index is 5.96. The van der Waals surface area contributed by atoms with Gasteiger partial charge in [0.05, 0.1) is 17.0 Å². The minimum Gasteiger partial charge on any atom is -0.477 e. The van der Waals surface area contributed by atoms with Crippen molar-refractivity contribution in [2.45, 2.75) is 6.92 Å². The van der Waals surface area contributed by atoms with E-state index in [1.807, 2.05) is 12.3 Å². The first-order chi connectivity index (χ1) is 6.33. The van der Waals surface area contributed by atoms with Gasteiger partial charge in [0.1, 0.15) is 11.2 Å². The molecule has 13 heavy (non-hydrogen) atoms. The van der Waals surface area contributed by atoms with Crippen molar-refractivity contribution in [3.8, 4) is 5.88 Å². The number of fused-ring (bicyclic) bond motifs is 1. The summed E-state index contributed by atoms with van der Waals surface area (Å²) in [6.07, 6.45) is 1.49. The Morgan fingerprint density at radius 1 is 1.54 bits per heavy atom. The summed E-state index contributed by atoms with van der Waals surface area (Å²) in [5, 5.41) is 3.31. The molecule has 0 amide bonds. The molecule has 0 aliphatic heterocycles. The Bertz CT molecular complexity index is 429. The summed E-state index contributed by atoms with van der Waals surface area (Å²) < 4.78 is 5.33. The van der Waals surface area contributed by atoms with E-state index in [2.05, 4.69) is 9.97 Å². The van der Waals surface area contributed by atoms with Gasteiger partial charge in [-0.3, -0.25) is 0 Å². The molecule has 0 N–H and O–H groups in total. The van der Waals surface area contributed by atoms with Crippen LogP contribution in [-0.2, 0) is 0 Å². The molecule has 0 aliphatic carbocycles. The van der Waals surface area contributed by atoms with E-state index in [0.717, 1.165) is 10.2 Å². The highest BCUT2D eigenvalue weighted by atomic mass is 35.5. The van der Waals surface area contributed by atoms with E-state index in [0.29, 0.717) is 17.5 Å². The number of nitrogens with zero attached hydrogens (tertiary/aromatic N) is 2. The molecule has 0 bridgehead atoms. The largest absolute Gasteiger partial charge is 0.477 e. The second-order valence-corrected chi connectivity index (χ2v) is 3.64. The monoisotopic (exact) mass is 214 g/mol. The molecule has 0 aliphatic rings. The van der Waals surface area contributed by atoms with E-state index in [9.17, 15) is 0 Å². The fraction of sp³-hybridized carbons (Fsp3) is 0.250. The zero-order chi connectivity index (χ0) is 9.26. The fourth-order valence-corrected chi connectivity index (χ4v) is 2.18. The molecule has 0 unspecified atom stereocenters. The van der Waals surface area contributed by atoms with Crippen molar-refractivity contribution < 1.29 is 4.74 Å². The Kier molecular flexibility index (Phi) is 2.33. The Morgan fingerprint density at radius 2 is 2.38 bits per heavy atom. The van der Waals surface area contributed by atoms with Crippen LogP contribution >= 0.6 is 22.9 Å². The van der Waals surface area contributed by atoms with Gasteiger partial charge in [-0.15, -0.1) is 11.3 Å². The molecule has 3 nitrogen and oxygen atoms in total. The number of halogens is 1. The zero-order valence-electron chi connectivity index (χ0n) is 6.95. The van der Waals surface area contributed by atoms with E-state index in [1.165, 1.54) is 17.7 Å². The van der Waals surface area contributed by atoms with Crippen LogP contribution in [0.25, 0.3) is 10.2 Å². The van der Waals surface area contributed by atoms with Crippen LogP contribution in [0.15, 0.2) is 11.7 Å². The van der Waals surface area contributed by atoms with Crippen LogP contribution < -0.4 is 4.74 Å². The summed E-state index contributed by atoms with van der Waals surface area (Å²) in [4.78, 5) is 8.97. The summed E-state index contributed by atoms with van der Waals surface area (Å²) in [6, 6.07) is 0. The van der Waals surface area contributed by atoms with Crippen LogP contribution in [0.2, 0.25) is 5.02 Å². The molecule has 2 aromatic heterocycles. The van der Waals surface area contributed by atoms with Crippen LogP contribution in [0.4, 0.5) is 0 Å². The molecule has 0 aromatic carbocycles. The normalized spacial score (nSPS) is 10.6. The molecule has 0 fully saturated rings. The smallest absolute Gasteiger partial charge is 0.226 e. The van der Waals surface area contributed by atoms with Gasteiger partial charge < -0.3 is 4.74 Å². The topological polar surface area (TPSA) is 35.0 Å². The van der Waals surface area contributed by atoms with Crippen LogP contribution in [0.5, 0.6) is 5.88 Å². The first kappa shape index (κ1) is 8.72. The molecule has 68 valence electrons. The van der Waals surface area contributed by atoms with Crippen LogP contribution in [0.3, 0.4) is 0 Å². The fourth-order valence-electron chi connectivity index (χ4n) is 1.06. The lowest BCUT2D eigenvalue weighted by Gasteiger charge is -2.01. The maximum atomic E-state index is 5.96. The SMILES string of the molecule is CCOc1ncnc2scc(Cl)c12. The molecule has 2 rings (SSSR count). The third-order valence-corrected chi connectivity index (χ3v) is 2.89. The van der Waals surface area contributed by atoms with Gasteiger partial charge in [-0.1, -0.05) is 11.6 Å². The minimum absolute atomic E-state index is 0.568. The zero-order valence-corrected chi connectivity index (χ0v) is 8.52. The molecule has 0 saturated heterocycles. The van der Waals surface area contributed by atoms with Gasteiger partial charge in [0.2, 0.25) is 5.88 Å². The number of rotatable bonds is 2. The average molecular weight is 215 g/mol. The predicted octanol–water partition coefficient (Wildman–Crippen LogP) is 2.74. The Labute approximate surface area is 84.3 Å².